The summed E-state index contributed by atoms with van der Waals surface area (Å²) in [6, 6.07) is 0. The van der Waals surface area contributed by atoms with Gasteiger partial charge in [0.25, 0.3) is 0 Å². The molecule has 246 valence electrons. The van der Waals surface area contributed by atoms with E-state index in [4.69, 9.17) is 19.6 Å². The predicted molar refractivity (Wildman–Crippen MR) is 157 cm³/mol. The van der Waals surface area contributed by atoms with Crippen LogP contribution < -0.4 is 0 Å². The molecule has 0 amide bonds. The molecule has 41 heavy (non-hydrogen) atoms. The van der Waals surface area contributed by atoms with Crippen LogP contribution in [0.1, 0.15) is 142 Å². The predicted octanol–water partition coefficient (Wildman–Crippen LogP) is 5.24. The van der Waals surface area contributed by atoms with Crippen LogP contribution >= 0.6 is 15.6 Å². The van der Waals surface area contributed by atoms with Crippen molar-refractivity contribution in [3.63, 3.8) is 0 Å². The zero-order valence-electron chi connectivity index (χ0n) is 24.9. The highest BCUT2D eigenvalue weighted by Gasteiger charge is 2.33. The van der Waals surface area contributed by atoms with Gasteiger partial charge in [-0.2, -0.15) is 4.31 Å². The number of Topliss-reactive ketones (excluding diaryl/α,β-unsaturated/α-hetero) is 2. The normalized spacial score (nSPS) is 14.2. The fourth-order valence-electron chi connectivity index (χ4n) is 4.21. The van der Waals surface area contributed by atoms with Crippen molar-refractivity contribution in [3.8, 4) is 0 Å². The van der Waals surface area contributed by atoms with Crippen LogP contribution in [0, 0.1) is 0 Å². The molecule has 12 nitrogen and oxygen atoms in total. The van der Waals surface area contributed by atoms with E-state index in [1.165, 1.54) is 64.2 Å². The maximum absolute atomic E-state index is 12.1. The van der Waals surface area contributed by atoms with Gasteiger partial charge in [-0.15, -0.1) is 0 Å². The van der Waals surface area contributed by atoms with Crippen molar-refractivity contribution >= 4 is 27.2 Å². The van der Waals surface area contributed by atoms with Gasteiger partial charge in [0.05, 0.1) is 0 Å². The number of aliphatic hydroxyl groups excluding tert-OH is 3. The van der Waals surface area contributed by atoms with Crippen molar-refractivity contribution in [2.45, 2.75) is 161 Å². The summed E-state index contributed by atoms with van der Waals surface area (Å²) in [6.07, 6.45) is 15.5. The molecule has 0 saturated heterocycles. The molecule has 2 atom stereocenters. The van der Waals surface area contributed by atoms with Gasteiger partial charge in [0, 0.05) is 12.8 Å². The third kappa shape index (κ3) is 29.3. The first-order valence-corrected chi connectivity index (χ1v) is 18.1. The molecule has 0 saturated carbocycles. The summed E-state index contributed by atoms with van der Waals surface area (Å²) in [7, 11) is -10.1. The number of aliphatic hydroxyl groups is 3. The molecule has 0 aliphatic rings. The monoisotopic (exact) mass is 634 g/mol. The molecule has 14 heteroatoms. The zero-order chi connectivity index (χ0) is 31.7. The Bertz CT molecular complexity index is 693. The van der Waals surface area contributed by atoms with Crippen LogP contribution in [0.3, 0.4) is 0 Å². The Kier molecular flexibility index (Phi) is 27.0. The maximum Gasteiger partial charge on any atom is 0.478 e. The van der Waals surface area contributed by atoms with Gasteiger partial charge in [0.1, 0.15) is 18.3 Å². The highest BCUT2D eigenvalue weighted by Crippen LogP contribution is 2.53. The Morgan fingerprint density at radius 2 is 0.756 bits per heavy atom. The van der Waals surface area contributed by atoms with Crippen LogP contribution in [0.5, 0.6) is 0 Å². The third-order valence-electron chi connectivity index (χ3n) is 6.57. The topological polar surface area (TPSA) is 219 Å². The molecule has 0 fully saturated rings. The van der Waals surface area contributed by atoms with Crippen LogP contribution in [-0.2, 0) is 23.0 Å². The van der Waals surface area contributed by atoms with Crippen molar-refractivity contribution in [2.24, 2.45) is 0 Å². The average Bonchev–Trinajstić information content (AvgIpc) is 2.87. The first-order chi connectivity index (χ1) is 19.2. The van der Waals surface area contributed by atoms with E-state index in [-0.39, 0.29) is 12.8 Å². The zero-order valence-corrected chi connectivity index (χ0v) is 26.7. The smallest absolute Gasteiger partial charge is 0.387 e. The van der Waals surface area contributed by atoms with E-state index in [9.17, 15) is 34.0 Å². The largest absolute Gasteiger partial charge is 0.478 e. The van der Waals surface area contributed by atoms with Gasteiger partial charge in [-0.1, -0.05) is 117 Å². The first-order valence-electron chi connectivity index (χ1n) is 15.1. The number of hydrogen-bond acceptors (Lipinski definition) is 8. The SMILES string of the molecule is CCCCCCCCCCCC(=O)C(O)C(O)C(O)C(=O)CCCCCCCCCCC.O=P(O)(O)OP(=O)(O)O. The molecule has 0 heterocycles. The molecule has 0 bridgehead atoms. The number of carbonyl (C=O) groups is 2. The molecule has 7 N–H and O–H groups in total. The van der Waals surface area contributed by atoms with Gasteiger partial charge in [-0.3, -0.25) is 9.59 Å². The van der Waals surface area contributed by atoms with Gasteiger partial charge in [0.15, 0.2) is 11.6 Å². The second-order valence-corrected chi connectivity index (χ2v) is 13.1. The van der Waals surface area contributed by atoms with E-state index in [0.29, 0.717) is 12.8 Å². The summed E-state index contributed by atoms with van der Waals surface area (Å²) in [5.41, 5.74) is 0. The Morgan fingerprint density at radius 3 is 0.976 bits per heavy atom. The Balaban J connectivity index is 0. The second kappa shape index (κ2) is 25.9. The minimum absolute atomic E-state index is 0.174. The van der Waals surface area contributed by atoms with E-state index in [2.05, 4.69) is 18.2 Å². The van der Waals surface area contributed by atoms with Crippen LogP contribution in [0.4, 0.5) is 0 Å². The molecule has 0 rings (SSSR count). The summed E-state index contributed by atoms with van der Waals surface area (Å²) < 4.78 is 22.2. The highest BCUT2D eigenvalue weighted by molar-refractivity contribution is 7.60. The van der Waals surface area contributed by atoms with Crippen molar-refractivity contribution < 1.29 is 57.9 Å². The van der Waals surface area contributed by atoms with Gasteiger partial charge in [-0.05, 0) is 12.8 Å². The van der Waals surface area contributed by atoms with Crippen molar-refractivity contribution in [1.82, 2.24) is 0 Å². The van der Waals surface area contributed by atoms with Gasteiger partial charge < -0.3 is 34.9 Å². The lowest BCUT2D eigenvalue weighted by molar-refractivity contribution is -0.146. The van der Waals surface area contributed by atoms with E-state index in [0.717, 1.165) is 38.5 Å². The number of hydrogen-bond donors (Lipinski definition) is 7. The van der Waals surface area contributed by atoms with E-state index in [1.807, 2.05) is 0 Å². The number of unbranched alkanes of at least 4 members (excludes halogenated alkanes) is 16. The standard InChI is InChI=1S/C27H52O5.H4O7P2/c1-3-5-7-9-11-13-15-17-19-21-23(28)25(30)27(32)26(31)24(29)22-20-18-16-14-12-10-8-6-4-2;1-8(2,3)7-9(4,5)6/h25-27,30-32H,3-22H2,1-2H3;(H2,1,2,3)(H2,4,5,6). The number of rotatable bonds is 26. The summed E-state index contributed by atoms with van der Waals surface area (Å²) >= 11 is 0. The second-order valence-electron chi connectivity index (χ2n) is 10.5. The molecular formula is C27H56O12P2. The summed E-state index contributed by atoms with van der Waals surface area (Å²) in [5.74, 6) is -0.981. The molecule has 2 unspecified atom stereocenters. The Labute approximate surface area is 245 Å². The number of carbonyl (C=O) groups excluding carboxylic acids is 2. The first kappa shape index (κ1) is 42.6. The minimum Gasteiger partial charge on any atom is -0.387 e. The van der Waals surface area contributed by atoms with Crippen LogP contribution in [0.2, 0.25) is 0 Å². The van der Waals surface area contributed by atoms with Crippen molar-refractivity contribution in [2.75, 3.05) is 0 Å². The van der Waals surface area contributed by atoms with E-state index < -0.39 is 45.5 Å². The molecule has 0 aromatic rings. The van der Waals surface area contributed by atoms with Gasteiger partial charge in [-0.25, -0.2) is 9.13 Å². The summed E-state index contributed by atoms with van der Waals surface area (Å²) in [6.45, 7) is 4.41. The van der Waals surface area contributed by atoms with Crippen LogP contribution in [0.15, 0.2) is 0 Å². The maximum atomic E-state index is 12.1. The molecule has 0 aliphatic heterocycles. The highest BCUT2D eigenvalue weighted by atomic mass is 31.3. The molecule has 0 radical (unpaired) electrons. The van der Waals surface area contributed by atoms with Crippen molar-refractivity contribution in [1.29, 1.82) is 0 Å². The van der Waals surface area contributed by atoms with Crippen LogP contribution in [-0.4, -0.2) is 64.8 Å². The average molecular weight is 635 g/mol. The molecule has 0 spiro atoms. The quantitative estimate of drug-likeness (QED) is 0.0480. The molecule has 0 aromatic heterocycles. The van der Waals surface area contributed by atoms with E-state index >= 15 is 0 Å². The lowest BCUT2D eigenvalue weighted by atomic mass is 9.95. The number of ketones is 2. The molecule has 0 aliphatic carbocycles. The summed E-state index contributed by atoms with van der Waals surface area (Å²) in [4.78, 5) is 55.2. The lowest BCUT2D eigenvalue weighted by Gasteiger charge is -2.21. The van der Waals surface area contributed by atoms with Crippen molar-refractivity contribution in [3.05, 3.63) is 0 Å². The van der Waals surface area contributed by atoms with Gasteiger partial charge in [0.2, 0.25) is 0 Å². The fraction of sp³-hybridized carbons (Fsp3) is 0.926. The number of phosphoric acid groups is 2. The van der Waals surface area contributed by atoms with Crippen LogP contribution in [0.25, 0.3) is 0 Å². The Hall–Kier alpha value is -0.520. The Morgan fingerprint density at radius 1 is 0.512 bits per heavy atom. The lowest BCUT2D eigenvalue weighted by Crippen LogP contribution is -2.45. The fourth-order valence-corrected chi connectivity index (χ4v) is 5.32. The molecule has 0 aromatic carbocycles. The molecular weight excluding hydrogens is 578 g/mol. The van der Waals surface area contributed by atoms with E-state index in [1.54, 1.807) is 0 Å². The minimum atomic E-state index is -5.05. The third-order valence-corrected chi connectivity index (χ3v) is 8.27. The summed E-state index contributed by atoms with van der Waals surface area (Å²) in [5, 5.41) is 30.2. The van der Waals surface area contributed by atoms with Gasteiger partial charge >= 0.3 is 15.6 Å².